The van der Waals surface area contributed by atoms with Gasteiger partial charge in [-0.05, 0) is 60.9 Å². The summed E-state index contributed by atoms with van der Waals surface area (Å²) in [5.41, 5.74) is 8.48. The number of nitriles is 1. The maximum Gasteiger partial charge on any atom is 0.338 e. The lowest BCUT2D eigenvalue weighted by Gasteiger charge is -2.52. The van der Waals surface area contributed by atoms with Crippen molar-refractivity contribution in [1.29, 1.82) is 10.7 Å². The fourth-order valence-corrected chi connectivity index (χ4v) is 7.82. The Morgan fingerprint density at radius 1 is 1.02 bits per heavy atom. The van der Waals surface area contributed by atoms with Crippen LogP contribution in [0.25, 0.3) is 10.9 Å². The summed E-state index contributed by atoms with van der Waals surface area (Å²) < 4.78 is 39.1. The van der Waals surface area contributed by atoms with Gasteiger partial charge in [-0.3, -0.25) is 20.4 Å². The van der Waals surface area contributed by atoms with E-state index in [0.717, 1.165) is 37.2 Å². The molecular formula is C35H44N6O9. The normalized spacial score (nSPS) is 23.7. The van der Waals surface area contributed by atoms with E-state index in [-0.39, 0.29) is 35.4 Å². The first kappa shape index (κ1) is 36.1. The van der Waals surface area contributed by atoms with Gasteiger partial charge in [-0.2, -0.15) is 5.26 Å². The van der Waals surface area contributed by atoms with E-state index >= 15 is 0 Å². The summed E-state index contributed by atoms with van der Waals surface area (Å²) >= 11 is 0. The highest BCUT2D eigenvalue weighted by Crippen LogP contribution is 2.51. The summed E-state index contributed by atoms with van der Waals surface area (Å²) in [6.07, 6.45) is 2.39. The smallest absolute Gasteiger partial charge is 0.338 e. The molecule has 6 atom stereocenters. The van der Waals surface area contributed by atoms with Gasteiger partial charge in [0.2, 0.25) is 5.75 Å². The van der Waals surface area contributed by atoms with E-state index in [4.69, 9.17) is 43.8 Å². The molecular weight excluding hydrogens is 648 g/mol. The molecule has 0 amide bonds. The maximum absolute atomic E-state index is 13.5. The van der Waals surface area contributed by atoms with Gasteiger partial charge in [0.25, 0.3) is 0 Å². The molecule has 5 N–H and O–H groups in total. The first-order valence-electron chi connectivity index (χ1n) is 16.2. The number of esters is 2. The van der Waals surface area contributed by atoms with Crippen molar-refractivity contribution in [1.82, 2.24) is 15.2 Å². The molecule has 0 bridgehead atoms. The third kappa shape index (κ3) is 6.94. The minimum absolute atomic E-state index is 0.0170. The van der Waals surface area contributed by atoms with Crippen molar-refractivity contribution in [3.63, 3.8) is 0 Å². The van der Waals surface area contributed by atoms with Crippen LogP contribution in [-0.4, -0.2) is 95.7 Å². The molecule has 50 heavy (non-hydrogen) atoms. The molecule has 0 radical (unpaired) electrons. The highest BCUT2D eigenvalue weighted by Gasteiger charge is 2.54. The molecule has 2 fully saturated rings. The highest BCUT2D eigenvalue weighted by atomic mass is 16.6. The molecule has 0 spiro atoms. The van der Waals surface area contributed by atoms with E-state index in [0.29, 0.717) is 23.7 Å². The third-order valence-corrected chi connectivity index (χ3v) is 9.95. The SMILES string of the molecule is COC(=O)[C@H]1[C@H]2C[C@@H]3c4[nH]c5cc(OC)ccc5c4CCN3C[C@H]2C[C@@H](OC(=O)c2cc(OC)c(OC)c(OC)c2)[C@@H]1OC.N#CNC(=N)N. The fraction of sp³-hybridized carbons (Fsp3) is 0.486. The summed E-state index contributed by atoms with van der Waals surface area (Å²) in [6, 6.07) is 9.40. The van der Waals surface area contributed by atoms with Gasteiger partial charge in [-0.25, -0.2) is 4.79 Å². The number of aromatic nitrogens is 1. The Bertz CT molecular complexity index is 1750. The van der Waals surface area contributed by atoms with Crippen LogP contribution in [-0.2, 0) is 25.4 Å². The largest absolute Gasteiger partial charge is 0.497 e. The van der Waals surface area contributed by atoms with Gasteiger partial charge in [-0.15, -0.1) is 0 Å². The average molecular weight is 693 g/mol. The minimum Gasteiger partial charge on any atom is -0.497 e. The number of nitrogens with one attached hydrogen (secondary N) is 3. The number of ether oxygens (including phenoxy) is 7. The number of H-pyrrole nitrogens is 1. The monoisotopic (exact) mass is 692 g/mol. The van der Waals surface area contributed by atoms with Crippen molar-refractivity contribution in [3.8, 4) is 29.2 Å². The lowest BCUT2D eigenvalue weighted by atomic mass is 9.63. The van der Waals surface area contributed by atoms with Gasteiger partial charge < -0.3 is 43.9 Å². The van der Waals surface area contributed by atoms with Gasteiger partial charge in [-0.1, -0.05) is 0 Å². The number of methoxy groups -OCH3 is 6. The van der Waals surface area contributed by atoms with E-state index in [9.17, 15) is 9.59 Å². The first-order chi connectivity index (χ1) is 24.1. The number of fused-ring (bicyclic) bond motifs is 6. The number of hydrogen-bond acceptors (Lipinski definition) is 12. The van der Waals surface area contributed by atoms with E-state index < -0.39 is 24.1 Å². The topological polar surface area (TPSA) is 203 Å². The zero-order valence-corrected chi connectivity index (χ0v) is 29.0. The molecule has 2 aliphatic heterocycles. The zero-order valence-electron chi connectivity index (χ0n) is 29.0. The van der Waals surface area contributed by atoms with Gasteiger partial charge in [0, 0.05) is 42.9 Å². The molecule has 1 saturated carbocycles. The number of nitrogens with zero attached hydrogens (tertiary/aromatic N) is 2. The molecule has 3 aliphatic rings. The second-order valence-electron chi connectivity index (χ2n) is 12.3. The van der Waals surface area contributed by atoms with Crippen molar-refractivity contribution < 1.29 is 42.7 Å². The van der Waals surface area contributed by atoms with Crippen LogP contribution in [0.15, 0.2) is 30.3 Å². The standard InChI is InChI=1S/C33H40N2O9.C2H4N4/c1-38-19-7-8-20-21-9-10-35-16-18-13-27(44-32(36)17-11-25(39-2)30(41-4)26(12-17)40-3)31(42-5)28(33(37)43-6)22(18)15-24(35)29(21)34-23(20)14-19;3-1-6-2(4)5/h7-8,11-12,14,18,22,24,27-28,31,34H,9-10,13,15-16H2,1-6H3;(H4,4,5,6)/t18-,22+,24-,27-,28+,31+;/m1./s1. The van der Waals surface area contributed by atoms with Gasteiger partial charge in [0.05, 0.1) is 53.1 Å². The molecule has 268 valence electrons. The van der Waals surface area contributed by atoms with E-state index in [2.05, 4.69) is 21.7 Å². The molecule has 3 heterocycles. The molecule has 1 aromatic heterocycles. The van der Waals surface area contributed by atoms with Crippen LogP contribution in [0.4, 0.5) is 0 Å². The lowest BCUT2D eigenvalue weighted by molar-refractivity contribution is -0.176. The number of piperidine rings is 1. The van der Waals surface area contributed by atoms with Crippen LogP contribution in [0.3, 0.4) is 0 Å². The lowest BCUT2D eigenvalue weighted by Crippen LogP contribution is -2.58. The molecule has 0 unspecified atom stereocenters. The summed E-state index contributed by atoms with van der Waals surface area (Å²) in [4.78, 5) is 33.1. The minimum atomic E-state index is -0.670. The van der Waals surface area contributed by atoms with E-state index in [1.165, 1.54) is 51.3 Å². The predicted molar refractivity (Wildman–Crippen MR) is 181 cm³/mol. The third-order valence-electron chi connectivity index (χ3n) is 9.95. The number of nitrogens with two attached hydrogens (primary N) is 1. The van der Waals surface area contributed by atoms with E-state index in [1.807, 2.05) is 17.4 Å². The Labute approximate surface area is 290 Å². The maximum atomic E-state index is 13.5. The molecule has 2 aromatic carbocycles. The highest BCUT2D eigenvalue weighted by molar-refractivity contribution is 5.91. The molecule has 1 saturated heterocycles. The van der Waals surface area contributed by atoms with Crippen LogP contribution >= 0.6 is 0 Å². The number of carbonyl (C=O) groups is 2. The number of carbonyl (C=O) groups excluding carboxylic acids is 2. The first-order valence-corrected chi connectivity index (χ1v) is 16.2. The summed E-state index contributed by atoms with van der Waals surface area (Å²) in [5.74, 6) is 0.119. The van der Waals surface area contributed by atoms with Crippen molar-refractivity contribution in [2.45, 2.75) is 37.5 Å². The van der Waals surface area contributed by atoms with E-state index in [1.54, 1.807) is 26.4 Å². The Balaban J connectivity index is 0.000000745. The van der Waals surface area contributed by atoms with Crippen LogP contribution in [0.2, 0.25) is 0 Å². The Morgan fingerprint density at radius 2 is 1.74 bits per heavy atom. The molecule has 15 nitrogen and oxygen atoms in total. The average Bonchev–Trinajstić information content (AvgIpc) is 3.50. The summed E-state index contributed by atoms with van der Waals surface area (Å²) in [7, 11) is 9.10. The zero-order chi connectivity index (χ0) is 36.1. The Morgan fingerprint density at radius 3 is 2.30 bits per heavy atom. The van der Waals surface area contributed by atoms with Crippen LogP contribution in [0.1, 0.15) is 40.5 Å². The summed E-state index contributed by atoms with van der Waals surface area (Å²) in [6.45, 7) is 1.68. The molecule has 1 aliphatic carbocycles. The van der Waals surface area contributed by atoms with Crippen molar-refractivity contribution in [3.05, 3.63) is 47.2 Å². The van der Waals surface area contributed by atoms with Gasteiger partial charge in [0.1, 0.15) is 18.0 Å². The van der Waals surface area contributed by atoms with Crippen LogP contribution in [0.5, 0.6) is 23.0 Å². The van der Waals surface area contributed by atoms with Crippen molar-refractivity contribution >= 4 is 28.8 Å². The van der Waals surface area contributed by atoms with Crippen LogP contribution in [0, 0.1) is 34.6 Å². The Hall–Kier alpha value is -5.20. The van der Waals surface area contributed by atoms with Crippen molar-refractivity contribution in [2.75, 3.05) is 55.7 Å². The number of aromatic amines is 1. The molecule has 15 heteroatoms. The number of benzene rings is 2. The second kappa shape index (κ2) is 15.6. The Kier molecular flexibility index (Phi) is 11.2. The number of rotatable bonds is 8. The van der Waals surface area contributed by atoms with Gasteiger partial charge in [0.15, 0.2) is 23.7 Å². The van der Waals surface area contributed by atoms with Crippen molar-refractivity contribution in [2.24, 2.45) is 23.5 Å². The summed E-state index contributed by atoms with van der Waals surface area (Å²) in [5, 5.41) is 17.1. The number of guanidine groups is 1. The van der Waals surface area contributed by atoms with Gasteiger partial charge >= 0.3 is 11.9 Å². The second-order valence-corrected chi connectivity index (χ2v) is 12.3. The molecule has 3 aromatic rings. The van der Waals surface area contributed by atoms with Crippen LogP contribution < -0.4 is 30.0 Å². The fourth-order valence-electron chi connectivity index (χ4n) is 7.82. The predicted octanol–water partition coefficient (Wildman–Crippen LogP) is 3.12. The molecule has 6 rings (SSSR count). The number of hydrogen-bond donors (Lipinski definition) is 4. The quantitative estimate of drug-likeness (QED) is 0.0882.